The van der Waals surface area contributed by atoms with Crippen LogP contribution in [0.5, 0.6) is 0 Å². The van der Waals surface area contributed by atoms with Crippen molar-refractivity contribution >= 4 is 39.1 Å². The summed E-state index contributed by atoms with van der Waals surface area (Å²) in [5, 5.41) is 3.76. The van der Waals surface area contributed by atoms with Crippen LogP contribution in [0.1, 0.15) is 44.9 Å². The van der Waals surface area contributed by atoms with Gasteiger partial charge in [-0.05, 0) is 44.2 Å². The highest BCUT2D eigenvalue weighted by molar-refractivity contribution is 8.77. The number of amides is 2. The summed E-state index contributed by atoms with van der Waals surface area (Å²) in [6.07, 6.45) is 7.04. The van der Waals surface area contributed by atoms with Crippen LogP contribution in [0.3, 0.4) is 0 Å². The van der Waals surface area contributed by atoms with E-state index in [4.69, 9.17) is 0 Å². The zero-order chi connectivity index (χ0) is 18.2. The molecule has 142 valence electrons. The van der Waals surface area contributed by atoms with E-state index >= 15 is 0 Å². The van der Waals surface area contributed by atoms with Gasteiger partial charge in [0.05, 0.1) is 5.92 Å². The van der Waals surface area contributed by atoms with E-state index in [0.717, 1.165) is 43.2 Å². The number of carbonyl (C=O) groups is 2. The molecule has 0 radical (unpaired) electrons. The number of nitrogens with one attached hydrogen (secondary N) is 1. The first kappa shape index (κ1) is 19.6. The maximum absolute atomic E-state index is 12.5. The number of hydrogen-bond donors (Lipinski definition) is 1. The van der Waals surface area contributed by atoms with Gasteiger partial charge in [0.1, 0.15) is 0 Å². The topological polar surface area (TPSA) is 49.4 Å². The predicted octanol–water partition coefficient (Wildman–Crippen LogP) is 4.58. The first-order valence-corrected chi connectivity index (χ1v) is 12.0. The summed E-state index contributed by atoms with van der Waals surface area (Å²) in [5.74, 6) is 1.43. The summed E-state index contributed by atoms with van der Waals surface area (Å²) in [7, 11) is 3.99. The molecule has 0 saturated carbocycles. The molecule has 2 atom stereocenters. The summed E-state index contributed by atoms with van der Waals surface area (Å²) < 4.78 is 0. The molecule has 1 N–H and O–H groups in total. The molecule has 0 spiro atoms. The third kappa shape index (κ3) is 5.95. The Hall–Kier alpha value is -1.14. The van der Waals surface area contributed by atoms with Crippen LogP contribution in [-0.2, 0) is 9.59 Å². The number of anilines is 1. The molecule has 0 bridgehead atoms. The standard InChI is InChI=1S/C20H28N2O2S2/c23-19(11-5-4-10-18-12-14-25-26-18)22-13-6-7-16(15-22)20(24)21-17-8-2-1-3-9-17/h1-3,8-9,16,18H,4-7,10-15H2,(H,21,24)/t16-,18-/m1/s1. The molecular weight excluding hydrogens is 364 g/mol. The highest BCUT2D eigenvalue weighted by atomic mass is 33.1. The van der Waals surface area contributed by atoms with E-state index in [1.54, 1.807) is 0 Å². The molecule has 26 heavy (non-hydrogen) atoms. The average molecular weight is 393 g/mol. The van der Waals surface area contributed by atoms with Gasteiger partial charge in [-0.1, -0.05) is 46.2 Å². The summed E-state index contributed by atoms with van der Waals surface area (Å²) in [5.41, 5.74) is 0.823. The van der Waals surface area contributed by atoms with Gasteiger partial charge >= 0.3 is 0 Å². The zero-order valence-corrected chi connectivity index (χ0v) is 16.8. The van der Waals surface area contributed by atoms with Crippen molar-refractivity contribution in [3.63, 3.8) is 0 Å². The second-order valence-corrected chi connectivity index (χ2v) is 9.90. The Kier molecular flexibility index (Phi) is 7.74. The van der Waals surface area contributed by atoms with Crippen molar-refractivity contribution in [3.8, 4) is 0 Å². The third-order valence-electron chi connectivity index (χ3n) is 5.08. The van der Waals surface area contributed by atoms with Gasteiger partial charge in [0, 0.05) is 36.2 Å². The molecule has 2 aliphatic rings. The summed E-state index contributed by atoms with van der Waals surface area (Å²) in [6, 6.07) is 9.54. The number of hydrogen-bond acceptors (Lipinski definition) is 4. The van der Waals surface area contributed by atoms with Gasteiger partial charge < -0.3 is 10.2 Å². The lowest BCUT2D eigenvalue weighted by Gasteiger charge is -2.32. The van der Waals surface area contributed by atoms with Crippen molar-refractivity contribution in [2.24, 2.45) is 5.92 Å². The van der Waals surface area contributed by atoms with E-state index in [1.165, 1.54) is 18.6 Å². The molecule has 2 saturated heterocycles. The first-order valence-electron chi connectivity index (χ1n) is 9.64. The van der Waals surface area contributed by atoms with Crippen LogP contribution in [0.4, 0.5) is 5.69 Å². The summed E-state index contributed by atoms with van der Waals surface area (Å²) in [6.45, 7) is 1.36. The van der Waals surface area contributed by atoms with E-state index in [1.807, 2.05) is 56.8 Å². The van der Waals surface area contributed by atoms with E-state index in [2.05, 4.69) is 5.32 Å². The molecule has 2 fully saturated rings. The lowest BCUT2D eigenvalue weighted by atomic mass is 9.96. The highest BCUT2D eigenvalue weighted by Crippen LogP contribution is 2.39. The molecule has 1 aromatic rings. The second-order valence-electron chi connectivity index (χ2n) is 7.11. The number of carbonyl (C=O) groups excluding carboxylic acids is 2. The summed E-state index contributed by atoms with van der Waals surface area (Å²) in [4.78, 5) is 26.9. The number of piperidine rings is 1. The van der Waals surface area contributed by atoms with E-state index in [0.29, 0.717) is 13.0 Å². The number of unbranched alkanes of at least 4 members (excludes halogenated alkanes) is 1. The monoisotopic (exact) mass is 392 g/mol. The molecule has 2 amide bonds. The smallest absolute Gasteiger partial charge is 0.229 e. The van der Waals surface area contributed by atoms with E-state index in [-0.39, 0.29) is 17.7 Å². The highest BCUT2D eigenvalue weighted by Gasteiger charge is 2.28. The Morgan fingerprint density at radius 3 is 2.77 bits per heavy atom. The Morgan fingerprint density at radius 2 is 2.00 bits per heavy atom. The lowest BCUT2D eigenvalue weighted by molar-refractivity contribution is -0.134. The number of benzene rings is 1. The van der Waals surface area contributed by atoms with Gasteiger partial charge in [0.25, 0.3) is 0 Å². The normalized spacial score (nSPS) is 23.0. The van der Waals surface area contributed by atoms with Gasteiger partial charge in [-0.25, -0.2) is 0 Å². The average Bonchev–Trinajstić information content (AvgIpc) is 3.19. The number of para-hydroxylation sites is 1. The molecule has 0 aromatic heterocycles. The van der Waals surface area contributed by atoms with Crippen molar-refractivity contribution in [1.29, 1.82) is 0 Å². The molecule has 0 aliphatic carbocycles. The third-order valence-corrected chi connectivity index (χ3v) is 8.09. The maximum Gasteiger partial charge on any atom is 0.229 e. The Morgan fingerprint density at radius 1 is 1.15 bits per heavy atom. The van der Waals surface area contributed by atoms with Crippen molar-refractivity contribution in [2.75, 3.05) is 24.2 Å². The van der Waals surface area contributed by atoms with Crippen LogP contribution in [0.25, 0.3) is 0 Å². The molecule has 0 unspecified atom stereocenters. The van der Waals surface area contributed by atoms with Gasteiger partial charge in [-0.2, -0.15) is 0 Å². The van der Waals surface area contributed by atoms with Gasteiger partial charge in [-0.3, -0.25) is 9.59 Å². The minimum atomic E-state index is -0.0974. The van der Waals surface area contributed by atoms with Gasteiger partial charge in [-0.15, -0.1) is 0 Å². The second kappa shape index (κ2) is 10.3. The largest absolute Gasteiger partial charge is 0.342 e. The van der Waals surface area contributed by atoms with Crippen LogP contribution in [0.2, 0.25) is 0 Å². The van der Waals surface area contributed by atoms with Crippen molar-refractivity contribution in [1.82, 2.24) is 4.90 Å². The Labute approximate surface area is 164 Å². The van der Waals surface area contributed by atoms with Gasteiger partial charge in [0.15, 0.2) is 0 Å². The Bertz CT molecular complexity index is 591. The number of nitrogens with zero attached hydrogens (tertiary/aromatic N) is 1. The Balaban J connectivity index is 1.39. The lowest BCUT2D eigenvalue weighted by Crippen LogP contribution is -2.43. The van der Waals surface area contributed by atoms with Crippen LogP contribution < -0.4 is 5.32 Å². The SMILES string of the molecule is O=C(Nc1ccccc1)[C@@H]1CCCN(C(=O)CCCC[C@@H]2CCSS2)C1. The molecule has 2 aliphatic heterocycles. The fourth-order valence-corrected chi connectivity index (χ4v) is 6.58. The van der Waals surface area contributed by atoms with Crippen molar-refractivity contribution in [2.45, 2.75) is 50.2 Å². The van der Waals surface area contributed by atoms with Gasteiger partial charge in [0.2, 0.25) is 11.8 Å². The van der Waals surface area contributed by atoms with Crippen LogP contribution in [-0.4, -0.2) is 40.8 Å². The predicted molar refractivity (Wildman–Crippen MR) is 111 cm³/mol. The fourth-order valence-electron chi connectivity index (χ4n) is 3.55. The molecule has 3 rings (SSSR count). The molecule has 2 heterocycles. The minimum absolute atomic E-state index is 0.0319. The number of likely N-dealkylation sites (tertiary alicyclic amines) is 1. The molecule has 1 aromatic carbocycles. The fraction of sp³-hybridized carbons (Fsp3) is 0.600. The van der Waals surface area contributed by atoms with E-state index < -0.39 is 0 Å². The van der Waals surface area contributed by atoms with Crippen LogP contribution in [0, 0.1) is 5.92 Å². The number of rotatable bonds is 7. The minimum Gasteiger partial charge on any atom is -0.342 e. The van der Waals surface area contributed by atoms with Crippen molar-refractivity contribution < 1.29 is 9.59 Å². The van der Waals surface area contributed by atoms with Crippen LogP contribution in [0.15, 0.2) is 30.3 Å². The van der Waals surface area contributed by atoms with Crippen LogP contribution >= 0.6 is 21.6 Å². The maximum atomic E-state index is 12.5. The summed E-state index contributed by atoms with van der Waals surface area (Å²) >= 11 is 0. The molecule has 4 nitrogen and oxygen atoms in total. The van der Waals surface area contributed by atoms with E-state index in [9.17, 15) is 9.59 Å². The quantitative estimate of drug-likeness (QED) is 0.545. The van der Waals surface area contributed by atoms with Crippen molar-refractivity contribution in [3.05, 3.63) is 30.3 Å². The first-order chi connectivity index (χ1) is 12.7. The zero-order valence-electron chi connectivity index (χ0n) is 15.2. The molecular formula is C20H28N2O2S2. The molecule has 6 heteroatoms.